The summed E-state index contributed by atoms with van der Waals surface area (Å²) in [6.07, 6.45) is -3.24. The van der Waals surface area contributed by atoms with Crippen LogP contribution in [0.4, 0.5) is 18.9 Å². The van der Waals surface area contributed by atoms with E-state index in [-0.39, 0.29) is 18.7 Å². The standard InChI is InChI=1S/C15H16Cl2F3NO2/c16-11-8-7-10(9-12(11)17)21-14(23)6-4-2-1-3-5-13(22)15(18,19)20/h7-9H,1-6H2,(H,21,23). The lowest BCUT2D eigenvalue weighted by atomic mass is 10.1. The van der Waals surface area contributed by atoms with E-state index in [0.29, 0.717) is 35.0 Å². The molecule has 0 radical (unpaired) electrons. The number of halogens is 5. The summed E-state index contributed by atoms with van der Waals surface area (Å²) in [6.45, 7) is 0. The average molecular weight is 370 g/mol. The first kappa shape index (κ1) is 19.8. The number of hydrogen-bond donors (Lipinski definition) is 1. The Morgan fingerprint density at radius 1 is 0.957 bits per heavy atom. The molecule has 0 heterocycles. The normalized spacial score (nSPS) is 11.3. The van der Waals surface area contributed by atoms with Crippen molar-refractivity contribution in [3.63, 3.8) is 0 Å². The highest BCUT2D eigenvalue weighted by molar-refractivity contribution is 6.42. The van der Waals surface area contributed by atoms with Crippen LogP contribution in [-0.4, -0.2) is 17.9 Å². The highest BCUT2D eigenvalue weighted by Gasteiger charge is 2.36. The van der Waals surface area contributed by atoms with Gasteiger partial charge in [-0.25, -0.2) is 0 Å². The Bertz CT molecular complexity index is 562. The minimum absolute atomic E-state index is 0.173. The van der Waals surface area contributed by atoms with Gasteiger partial charge in [0.25, 0.3) is 0 Å². The molecule has 3 nitrogen and oxygen atoms in total. The van der Waals surface area contributed by atoms with Gasteiger partial charge in [0.1, 0.15) is 0 Å². The van der Waals surface area contributed by atoms with Crippen molar-refractivity contribution in [2.75, 3.05) is 5.32 Å². The SMILES string of the molecule is O=C(CCCCCCC(=O)C(F)(F)F)Nc1ccc(Cl)c(Cl)c1. The van der Waals surface area contributed by atoms with Crippen LogP contribution in [0.1, 0.15) is 38.5 Å². The van der Waals surface area contributed by atoms with Crippen LogP contribution in [0.2, 0.25) is 10.0 Å². The lowest BCUT2D eigenvalue weighted by Crippen LogP contribution is -2.22. The summed E-state index contributed by atoms with van der Waals surface area (Å²) in [4.78, 5) is 22.3. The maximum atomic E-state index is 12.0. The summed E-state index contributed by atoms with van der Waals surface area (Å²) in [5.41, 5.74) is 0.528. The van der Waals surface area contributed by atoms with Crippen molar-refractivity contribution in [1.29, 1.82) is 0 Å². The van der Waals surface area contributed by atoms with E-state index in [1.807, 2.05) is 0 Å². The first-order valence-corrected chi connectivity index (χ1v) is 7.80. The predicted molar refractivity (Wildman–Crippen MR) is 83.9 cm³/mol. The molecule has 0 aliphatic carbocycles. The number of Topliss-reactive ketones (excluding diaryl/α,β-unsaturated/α-hetero) is 1. The Kier molecular flexibility index (Phi) is 7.85. The van der Waals surface area contributed by atoms with Gasteiger partial charge < -0.3 is 5.32 Å². The van der Waals surface area contributed by atoms with E-state index in [1.165, 1.54) is 6.07 Å². The number of rotatable bonds is 8. The Morgan fingerprint density at radius 3 is 2.13 bits per heavy atom. The Labute approximate surface area is 142 Å². The van der Waals surface area contributed by atoms with Gasteiger partial charge in [-0.05, 0) is 31.0 Å². The van der Waals surface area contributed by atoms with Gasteiger partial charge in [-0.3, -0.25) is 9.59 Å². The zero-order valence-electron chi connectivity index (χ0n) is 12.2. The van der Waals surface area contributed by atoms with Crippen LogP contribution in [0.25, 0.3) is 0 Å². The first-order valence-electron chi connectivity index (χ1n) is 7.05. The van der Waals surface area contributed by atoms with Crippen molar-refractivity contribution in [2.24, 2.45) is 0 Å². The lowest BCUT2D eigenvalue weighted by Gasteiger charge is -2.07. The number of carbonyl (C=O) groups is 2. The molecule has 1 aromatic rings. The topological polar surface area (TPSA) is 46.2 Å². The fourth-order valence-electron chi connectivity index (χ4n) is 1.86. The number of benzene rings is 1. The Hall–Kier alpha value is -1.27. The van der Waals surface area contributed by atoms with Crippen LogP contribution in [0.15, 0.2) is 18.2 Å². The minimum atomic E-state index is -4.75. The third-order valence-corrected chi connectivity index (χ3v) is 3.82. The fourth-order valence-corrected chi connectivity index (χ4v) is 2.16. The molecular weight excluding hydrogens is 354 g/mol. The number of alkyl halides is 3. The van der Waals surface area contributed by atoms with Crippen molar-refractivity contribution in [1.82, 2.24) is 0 Å². The van der Waals surface area contributed by atoms with Crippen molar-refractivity contribution in [3.05, 3.63) is 28.2 Å². The van der Waals surface area contributed by atoms with E-state index in [2.05, 4.69) is 5.32 Å². The van der Waals surface area contributed by atoms with Crippen molar-refractivity contribution in [2.45, 2.75) is 44.7 Å². The quantitative estimate of drug-likeness (QED) is 0.623. The predicted octanol–water partition coefficient (Wildman–Crippen LogP) is 5.40. The zero-order chi connectivity index (χ0) is 17.5. The van der Waals surface area contributed by atoms with E-state index < -0.39 is 18.4 Å². The van der Waals surface area contributed by atoms with Gasteiger partial charge in [-0.1, -0.05) is 36.0 Å². The minimum Gasteiger partial charge on any atom is -0.326 e. The number of ketones is 1. The van der Waals surface area contributed by atoms with Crippen LogP contribution < -0.4 is 5.32 Å². The highest BCUT2D eigenvalue weighted by Crippen LogP contribution is 2.25. The van der Waals surface area contributed by atoms with Crippen LogP contribution in [0.5, 0.6) is 0 Å². The Morgan fingerprint density at radius 2 is 1.57 bits per heavy atom. The summed E-state index contributed by atoms with van der Waals surface area (Å²) in [7, 11) is 0. The molecular formula is C15H16Cl2F3NO2. The molecule has 128 valence electrons. The van der Waals surface area contributed by atoms with Gasteiger partial charge in [0.05, 0.1) is 10.0 Å². The molecule has 0 saturated carbocycles. The molecule has 0 aliphatic rings. The zero-order valence-corrected chi connectivity index (χ0v) is 13.7. The molecule has 0 aromatic heterocycles. The van der Waals surface area contributed by atoms with Crippen molar-refractivity contribution >= 4 is 40.6 Å². The molecule has 1 N–H and O–H groups in total. The maximum absolute atomic E-state index is 12.0. The Balaban J connectivity index is 2.17. The second-order valence-electron chi connectivity index (χ2n) is 5.01. The van der Waals surface area contributed by atoms with E-state index in [1.54, 1.807) is 12.1 Å². The molecule has 0 spiro atoms. The van der Waals surface area contributed by atoms with Crippen molar-refractivity contribution in [3.8, 4) is 0 Å². The van der Waals surface area contributed by atoms with Gasteiger partial charge in [0, 0.05) is 18.5 Å². The largest absolute Gasteiger partial charge is 0.449 e. The second-order valence-corrected chi connectivity index (χ2v) is 5.83. The summed E-state index contributed by atoms with van der Waals surface area (Å²) < 4.78 is 35.9. The summed E-state index contributed by atoms with van der Waals surface area (Å²) in [5.74, 6) is -1.91. The summed E-state index contributed by atoms with van der Waals surface area (Å²) in [5, 5.41) is 3.37. The molecule has 0 fully saturated rings. The smallest absolute Gasteiger partial charge is 0.326 e. The molecule has 0 aliphatic heterocycles. The monoisotopic (exact) mass is 369 g/mol. The molecule has 23 heavy (non-hydrogen) atoms. The van der Waals surface area contributed by atoms with Gasteiger partial charge in [-0.2, -0.15) is 13.2 Å². The van der Waals surface area contributed by atoms with Crippen LogP contribution in [-0.2, 0) is 9.59 Å². The van der Waals surface area contributed by atoms with E-state index in [4.69, 9.17) is 23.2 Å². The number of unbranched alkanes of at least 4 members (excludes halogenated alkanes) is 3. The molecule has 8 heteroatoms. The van der Waals surface area contributed by atoms with E-state index >= 15 is 0 Å². The maximum Gasteiger partial charge on any atom is 0.449 e. The van der Waals surface area contributed by atoms with Gasteiger partial charge in [-0.15, -0.1) is 0 Å². The second kappa shape index (κ2) is 9.13. The number of amides is 1. The fraction of sp³-hybridized carbons (Fsp3) is 0.467. The third kappa shape index (κ3) is 7.70. The average Bonchev–Trinajstić information content (AvgIpc) is 2.45. The molecule has 0 saturated heterocycles. The van der Waals surface area contributed by atoms with Crippen LogP contribution in [0, 0.1) is 0 Å². The van der Waals surface area contributed by atoms with E-state index in [9.17, 15) is 22.8 Å². The molecule has 1 aromatic carbocycles. The van der Waals surface area contributed by atoms with E-state index in [0.717, 1.165) is 0 Å². The van der Waals surface area contributed by atoms with Crippen molar-refractivity contribution < 1.29 is 22.8 Å². The van der Waals surface area contributed by atoms with Gasteiger partial charge in [0.2, 0.25) is 11.7 Å². The van der Waals surface area contributed by atoms with Crippen LogP contribution in [0.3, 0.4) is 0 Å². The van der Waals surface area contributed by atoms with Gasteiger partial charge in [0.15, 0.2) is 0 Å². The first-order chi connectivity index (χ1) is 10.7. The number of anilines is 1. The summed E-state index contributed by atoms with van der Waals surface area (Å²) in [6, 6.07) is 4.72. The summed E-state index contributed by atoms with van der Waals surface area (Å²) >= 11 is 11.6. The lowest BCUT2D eigenvalue weighted by molar-refractivity contribution is -0.171. The molecule has 0 bridgehead atoms. The molecule has 1 rings (SSSR count). The number of hydrogen-bond acceptors (Lipinski definition) is 2. The molecule has 1 amide bonds. The third-order valence-electron chi connectivity index (χ3n) is 3.08. The molecule has 0 unspecified atom stereocenters. The number of nitrogens with one attached hydrogen (secondary N) is 1. The van der Waals surface area contributed by atoms with Gasteiger partial charge >= 0.3 is 6.18 Å². The molecule has 0 atom stereocenters. The number of carbonyl (C=O) groups excluding carboxylic acids is 2. The highest BCUT2D eigenvalue weighted by atomic mass is 35.5. The van der Waals surface area contributed by atoms with Crippen LogP contribution >= 0.6 is 23.2 Å².